The van der Waals surface area contributed by atoms with Crippen LogP contribution in [0.2, 0.25) is 0 Å². The number of nitrogens with one attached hydrogen (secondary N) is 1. The molecule has 0 fully saturated rings. The maximum absolute atomic E-state index is 3.73. The number of anilines is 1. The summed E-state index contributed by atoms with van der Waals surface area (Å²) < 4.78 is 0. The first-order valence-electron chi connectivity index (χ1n) is 7.03. The van der Waals surface area contributed by atoms with Gasteiger partial charge in [-0.3, -0.25) is 0 Å². The molecule has 1 N–H and O–H groups in total. The van der Waals surface area contributed by atoms with E-state index < -0.39 is 0 Å². The first-order valence-corrected chi connectivity index (χ1v) is 8.19. The van der Waals surface area contributed by atoms with Crippen molar-refractivity contribution in [2.75, 3.05) is 36.5 Å². The van der Waals surface area contributed by atoms with Gasteiger partial charge in [-0.25, -0.2) is 0 Å². The van der Waals surface area contributed by atoms with Crippen molar-refractivity contribution in [1.29, 1.82) is 0 Å². The molecule has 0 amide bonds. The van der Waals surface area contributed by atoms with Crippen molar-refractivity contribution in [3.05, 3.63) is 42.0 Å². The van der Waals surface area contributed by atoms with Crippen LogP contribution in [0, 0.1) is 0 Å². The summed E-state index contributed by atoms with van der Waals surface area (Å²) in [6.45, 7) is 6.96. The van der Waals surface area contributed by atoms with Crippen molar-refractivity contribution in [3.8, 4) is 0 Å². The Bertz CT molecular complexity index is 417. The molecule has 104 valence electrons. The predicted molar refractivity (Wildman–Crippen MR) is 87.3 cm³/mol. The van der Waals surface area contributed by atoms with Gasteiger partial charge in [-0.1, -0.05) is 18.2 Å². The zero-order chi connectivity index (χ0) is 13.5. The zero-order valence-corrected chi connectivity index (χ0v) is 12.6. The number of rotatable bonds is 7. The molecule has 1 aliphatic heterocycles. The van der Waals surface area contributed by atoms with Gasteiger partial charge >= 0.3 is 0 Å². The first-order chi connectivity index (χ1) is 9.31. The van der Waals surface area contributed by atoms with Gasteiger partial charge in [0, 0.05) is 43.9 Å². The highest BCUT2D eigenvalue weighted by Gasteiger charge is 2.13. The van der Waals surface area contributed by atoms with Gasteiger partial charge in [-0.15, -0.1) is 6.58 Å². The summed E-state index contributed by atoms with van der Waals surface area (Å²) >= 11 is 1.92. The highest BCUT2D eigenvalue weighted by molar-refractivity contribution is 7.99. The topological polar surface area (TPSA) is 15.3 Å². The van der Waals surface area contributed by atoms with Crippen molar-refractivity contribution in [2.24, 2.45) is 0 Å². The van der Waals surface area contributed by atoms with E-state index in [9.17, 15) is 0 Å². The molecule has 0 radical (unpaired) electrons. The summed E-state index contributed by atoms with van der Waals surface area (Å²) in [5, 5.41) is 3.51. The van der Waals surface area contributed by atoms with Gasteiger partial charge in [0.2, 0.25) is 0 Å². The molecule has 1 aromatic rings. The average Bonchev–Trinajstić information content (AvgIpc) is 2.43. The Hall–Kier alpha value is -0.930. The van der Waals surface area contributed by atoms with Crippen LogP contribution in [0.3, 0.4) is 0 Å². The smallest absolute Gasteiger partial charge is 0.0396 e. The van der Waals surface area contributed by atoms with E-state index in [-0.39, 0.29) is 0 Å². The van der Waals surface area contributed by atoms with Crippen LogP contribution in [0.25, 0.3) is 0 Å². The van der Waals surface area contributed by atoms with Crippen LogP contribution < -0.4 is 10.2 Å². The van der Waals surface area contributed by atoms with Crippen molar-refractivity contribution in [1.82, 2.24) is 5.32 Å². The average molecular weight is 276 g/mol. The highest BCUT2D eigenvalue weighted by atomic mass is 32.2. The van der Waals surface area contributed by atoms with Crippen LogP contribution in [-0.2, 0) is 13.0 Å². The van der Waals surface area contributed by atoms with Gasteiger partial charge in [-0.2, -0.15) is 11.8 Å². The van der Waals surface area contributed by atoms with E-state index in [0.717, 1.165) is 24.6 Å². The Morgan fingerprint density at radius 2 is 2.37 bits per heavy atom. The summed E-state index contributed by atoms with van der Waals surface area (Å²) in [7, 11) is 2.19. The standard InChI is InChI=1S/C16H24N2S/c1-3-10-19-11-8-17-13-14-6-7-16-15(12-14)5-4-9-18(16)2/h3,6-7,12,17H,1,4-5,8-11,13H2,2H3. The molecule has 0 atom stereocenters. The minimum atomic E-state index is 0.978. The van der Waals surface area contributed by atoms with Crippen LogP contribution in [0.5, 0.6) is 0 Å². The van der Waals surface area contributed by atoms with Crippen molar-refractivity contribution in [3.63, 3.8) is 0 Å². The molecular formula is C16H24N2S. The number of aryl methyl sites for hydroxylation is 1. The maximum Gasteiger partial charge on any atom is 0.0396 e. The molecule has 0 aliphatic carbocycles. The van der Waals surface area contributed by atoms with Crippen LogP contribution in [-0.4, -0.2) is 31.6 Å². The molecule has 0 aromatic heterocycles. The fourth-order valence-corrected chi connectivity index (χ4v) is 3.11. The lowest BCUT2D eigenvalue weighted by Crippen LogP contribution is -2.25. The number of hydrogen-bond acceptors (Lipinski definition) is 3. The molecule has 3 heteroatoms. The van der Waals surface area contributed by atoms with E-state index in [1.165, 1.54) is 36.2 Å². The summed E-state index contributed by atoms with van der Waals surface area (Å²) in [6, 6.07) is 6.90. The third-order valence-corrected chi connectivity index (χ3v) is 4.45. The number of nitrogens with zero attached hydrogens (tertiary/aromatic N) is 1. The molecule has 1 aliphatic rings. The summed E-state index contributed by atoms with van der Waals surface area (Å²) in [6.07, 6.45) is 4.46. The lowest BCUT2D eigenvalue weighted by molar-refractivity contribution is 0.720. The molecule has 1 aromatic carbocycles. The predicted octanol–water partition coefficient (Wildman–Crippen LogP) is 3.08. The van der Waals surface area contributed by atoms with E-state index in [0.29, 0.717) is 0 Å². The molecular weight excluding hydrogens is 252 g/mol. The second-order valence-corrected chi connectivity index (χ2v) is 6.18. The van der Waals surface area contributed by atoms with Crippen molar-refractivity contribution in [2.45, 2.75) is 19.4 Å². The number of benzene rings is 1. The maximum atomic E-state index is 3.73. The molecule has 0 bridgehead atoms. The van der Waals surface area contributed by atoms with E-state index in [1.807, 2.05) is 17.8 Å². The molecule has 0 spiro atoms. The quantitative estimate of drug-likeness (QED) is 0.608. The van der Waals surface area contributed by atoms with Gasteiger partial charge in [0.05, 0.1) is 0 Å². The molecule has 0 saturated carbocycles. The highest BCUT2D eigenvalue weighted by Crippen LogP contribution is 2.26. The molecule has 2 rings (SSSR count). The van der Waals surface area contributed by atoms with Gasteiger partial charge in [0.25, 0.3) is 0 Å². The lowest BCUT2D eigenvalue weighted by atomic mass is 9.99. The Morgan fingerprint density at radius 3 is 3.21 bits per heavy atom. The van der Waals surface area contributed by atoms with Gasteiger partial charge in [0.1, 0.15) is 0 Å². The Balaban J connectivity index is 1.80. The second-order valence-electron chi connectivity index (χ2n) is 5.03. The van der Waals surface area contributed by atoms with E-state index in [1.54, 1.807) is 0 Å². The number of thioether (sulfide) groups is 1. The van der Waals surface area contributed by atoms with Crippen LogP contribution in [0.4, 0.5) is 5.69 Å². The van der Waals surface area contributed by atoms with Gasteiger partial charge in [-0.05, 0) is 30.0 Å². The largest absolute Gasteiger partial charge is 0.374 e. The van der Waals surface area contributed by atoms with E-state index in [2.05, 4.69) is 42.0 Å². The lowest BCUT2D eigenvalue weighted by Gasteiger charge is -2.27. The number of hydrogen-bond donors (Lipinski definition) is 1. The number of fused-ring (bicyclic) bond motifs is 1. The summed E-state index contributed by atoms with van der Waals surface area (Å²) in [5.74, 6) is 2.20. The zero-order valence-electron chi connectivity index (χ0n) is 11.8. The second kappa shape index (κ2) is 7.61. The fourth-order valence-electron chi connectivity index (χ4n) is 2.49. The summed E-state index contributed by atoms with van der Waals surface area (Å²) in [5.41, 5.74) is 4.33. The Labute approximate surface area is 121 Å². The first kappa shape index (κ1) is 14.5. The molecule has 0 unspecified atom stereocenters. The summed E-state index contributed by atoms with van der Waals surface area (Å²) in [4.78, 5) is 2.36. The molecule has 0 saturated heterocycles. The van der Waals surface area contributed by atoms with Crippen molar-refractivity contribution >= 4 is 17.4 Å². The van der Waals surface area contributed by atoms with Crippen molar-refractivity contribution < 1.29 is 0 Å². The minimum absolute atomic E-state index is 0.978. The Kier molecular flexibility index (Phi) is 5.80. The van der Waals surface area contributed by atoms with E-state index in [4.69, 9.17) is 0 Å². The minimum Gasteiger partial charge on any atom is -0.374 e. The van der Waals surface area contributed by atoms with Gasteiger partial charge in [0.15, 0.2) is 0 Å². The normalized spacial score (nSPS) is 14.3. The Morgan fingerprint density at radius 1 is 1.47 bits per heavy atom. The van der Waals surface area contributed by atoms with Crippen LogP contribution >= 0.6 is 11.8 Å². The third kappa shape index (κ3) is 4.29. The molecule has 19 heavy (non-hydrogen) atoms. The molecule has 1 heterocycles. The van der Waals surface area contributed by atoms with Gasteiger partial charge < -0.3 is 10.2 Å². The fraction of sp³-hybridized carbons (Fsp3) is 0.500. The third-order valence-electron chi connectivity index (χ3n) is 3.48. The molecule has 2 nitrogen and oxygen atoms in total. The van der Waals surface area contributed by atoms with E-state index >= 15 is 0 Å². The van der Waals surface area contributed by atoms with Crippen LogP contribution in [0.15, 0.2) is 30.9 Å². The van der Waals surface area contributed by atoms with Crippen LogP contribution in [0.1, 0.15) is 17.5 Å². The SMILES string of the molecule is C=CCSCCNCc1ccc2c(c1)CCCN2C. The monoisotopic (exact) mass is 276 g/mol.